The number of hydrogen-bond acceptors (Lipinski definition) is 4. The first-order valence-electron chi connectivity index (χ1n) is 10.2. The van der Waals surface area contributed by atoms with Gasteiger partial charge in [-0.05, 0) is 32.0 Å². The molecule has 3 rings (SSSR count). The minimum atomic E-state index is -0.0308. The highest BCUT2D eigenvalue weighted by Gasteiger charge is 2.25. The van der Waals surface area contributed by atoms with Gasteiger partial charge in [-0.1, -0.05) is 19.3 Å². The van der Waals surface area contributed by atoms with Crippen molar-refractivity contribution in [2.75, 3.05) is 53.4 Å². The van der Waals surface area contributed by atoms with Gasteiger partial charge in [-0.2, -0.15) is 0 Å². The zero-order chi connectivity index (χ0) is 19.1. The van der Waals surface area contributed by atoms with Gasteiger partial charge < -0.3 is 24.4 Å². The van der Waals surface area contributed by atoms with Crippen LogP contribution in [0.15, 0.2) is 27.8 Å². The Morgan fingerprint density at radius 2 is 1.89 bits per heavy atom. The van der Waals surface area contributed by atoms with Crippen LogP contribution in [0.25, 0.3) is 0 Å². The average Bonchev–Trinajstić information content (AvgIpc) is 3.26. The second kappa shape index (κ2) is 11.6. The van der Waals surface area contributed by atoms with Crippen molar-refractivity contribution in [1.29, 1.82) is 0 Å². The first-order valence-corrected chi connectivity index (χ1v) is 10.2. The molecule has 158 valence electrons. The van der Waals surface area contributed by atoms with Gasteiger partial charge in [0.15, 0.2) is 11.7 Å². The first-order chi connectivity index (χ1) is 13.2. The number of halogens is 1. The molecule has 1 aliphatic heterocycles. The molecular formula is C20H34IN5O2. The molecule has 2 heterocycles. The lowest BCUT2D eigenvalue weighted by Crippen LogP contribution is -2.54. The topological polar surface area (TPSA) is 64.3 Å². The number of piperazine rings is 1. The summed E-state index contributed by atoms with van der Waals surface area (Å²) in [5, 5.41) is 3.49. The maximum Gasteiger partial charge on any atom is 0.289 e. The largest absolute Gasteiger partial charge is 0.459 e. The van der Waals surface area contributed by atoms with Crippen LogP contribution in [-0.4, -0.2) is 86.0 Å². The summed E-state index contributed by atoms with van der Waals surface area (Å²) in [4.78, 5) is 23.4. The fraction of sp³-hybridized carbons (Fsp3) is 0.700. The molecule has 1 aliphatic carbocycles. The highest BCUT2D eigenvalue weighted by Crippen LogP contribution is 2.21. The van der Waals surface area contributed by atoms with Gasteiger partial charge in [0.05, 0.1) is 6.26 Å². The number of rotatable bonds is 5. The van der Waals surface area contributed by atoms with E-state index in [9.17, 15) is 4.79 Å². The molecular weight excluding hydrogens is 469 g/mol. The van der Waals surface area contributed by atoms with Crippen molar-refractivity contribution < 1.29 is 9.21 Å². The summed E-state index contributed by atoms with van der Waals surface area (Å²) in [6.45, 7) is 4.85. The van der Waals surface area contributed by atoms with Gasteiger partial charge in [0.2, 0.25) is 0 Å². The highest BCUT2D eigenvalue weighted by atomic mass is 127. The fourth-order valence-electron chi connectivity index (χ4n) is 4.06. The number of furan rings is 1. The monoisotopic (exact) mass is 503 g/mol. The molecule has 0 bridgehead atoms. The quantitative estimate of drug-likeness (QED) is 0.380. The van der Waals surface area contributed by atoms with Crippen molar-refractivity contribution in [3.8, 4) is 0 Å². The number of guanidine groups is 1. The van der Waals surface area contributed by atoms with Gasteiger partial charge in [0, 0.05) is 52.4 Å². The Bertz CT molecular complexity index is 608. The van der Waals surface area contributed by atoms with Gasteiger partial charge in [0.1, 0.15) is 0 Å². The number of aliphatic imine (C=N–C) groups is 1. The van der Waals surface area contributed by atoms with Gasteiger partial charge in [0.25, 0.3) is 5.91 Å². The van der Waals surface area contributed by atoms with Crippen molar-refractivity contribution in [3.05, 3.63) is 24.2 Å². The summed E-state index contributed by atoms with van der Waals surface area (Å²) in [6, 6.07) is 4.20. The van der Waals surface area contributed by atoms with Crippen LogP contribution in [0.4, 0.5) is 0 Å². The molecule has 0 spiro atoms. The molecule has 1 aromatic heterocycles. The van der Waals surface area contributed by atoms with Gasteiger partial charge in [-0.25, -0.2) is 0 Å². The predicted octanol–water partition coefficient (Wildman–Crippen LogP) is 2.50. The Labute approximate surface area is 185 Å². The van der Waals surface area contributed by atoms with E-state index in [1.165, 1.54) is 32.1 Å². The third kappa shape index (κ3) is 6.10. The zero-order valence-corrected chi connectivity index (χ0v) is 19.4. The second-order valence-corrected chi connectivity index (χ2v) is 7.50. The molecule has 0 radical (unpaired) electrons. The number of nitrogens with zero attached hydrogens (tertiary/aromatic N) is 4. The first kappa shape index (κ1) is 23.0. The predicted molar refractivity (Wildman–Crippen MR) is 122 cm³/mol. The maximum absolute atomic E-state index is 12.4. The van der Waals surface area contributed by atoms with E-state index < -0.39 is 0 Å². The number of hydrogen-bond donors (Lipinski definition) is 1. The van der Waals surface area contributed by atoms with E-state index in [1.807, 2.05) is 11.9 Å². The molecule has 28 heavy (non-hydrogen) atoms. The van der Waals surface area contributed by atoms with Crippen LogP contribution in [-0.2, 0) is 0 Å². The van der Waals surface area contributed by atoms with E-state index in [0.29, 0.717) is 18.8 Å². The number of likely N-dealkylation sites (N-methyl/N-ethyl adjacent to an activating group) is 1. The van der Waals surface area contributed by atoms with Crippen LogP contribution in [0.3, 0.4) is 0 Å². The molecule has 0 aromatic carbocycles. The van der Waals surface area contributed by atoms with Crippen LogP contribution in [0, 0.1) is 0 Å². The van der Waals surface area contributed by atoms with Crippen molar-refractivity contribution in [1.82, 2.24) is 20.0 Å². The van der Waals surface area contributed by atoms with Crippen molar-refractivity contribution in [3.63, 3.8) is 0 Å². The number of amides is 1. The van der Waals surface area contributed by atoms with E-state index in [2.05, 4.69) is 27.2 Å². The van der Waals surface area contributed by atoms with E-state index in [-0.39, 0.29) is 29.9 Å². The standard InChI is InChI=1S/C20H33N5O2.HI/c1-21-20(22-10-11-23(2)17-7-4-3-5-8-17)25-14-12-24(13-15-25)19(26)18-9-6-16-27-18;/h6,9,16-17H,3-5,7-8,10-15H2,1-2H3,(H,21,22);1H. The maximum atomic E-state index is 12.4. The Hall–Kier alpha value is -1.29. The van der Waals surface area contributed by atoms with Crippen molar-refractivity contribution in [2.45, 2.75) is 38.1 Å². The number of carbonyl (C=O) groups excluding carboxylic acids is 1. The lowest BCUT2D eigenvalue weighted by Gasteiger charge is -2.36. The molecule has 7 nitrogen and oxygen atoms in total. The molecule has 1 saturated carbocycles. The normalized spacial score (nSPS) is 18.9. The SMILES string of the molecule is CN=C(NCCN(C)C1CCCCC1)N1CCN(C(=O)c2ccco2)CC1.I. The van der Waals surface area contributed by atoms with Crippen molar-refractivity contribution >= 4 is 35.8 Å². The lowest BCUT2D eigenvalue weighted by molar-refractivity contribution is 0.0657. The Balaban J connectivity index is 0.00000280. The summed E-state index contributed by atoms with van der Waals surface area (Å²) in [6.07, 6.45) is 8.33. The fourth-order valence-corrected chi connectivity index (χ4v) is 4.06. The second-order valence-electron chi connectivity index (χ2n) is 7.50. The molecule has 8 heteroatoms. The van der Waals surface area contributed by atoms with Crippen LogP contribution in [0.1, 0.15) is 42.7 Å². The molecule has 1 amide bonds. The highest BCUT2D eigenvalue weighted by molar-refractivity contribution is 14.0. The molecule has 0 atom stereocenters. The van der Waals surface area contributed by atoms with Crippen LogP contribution in [0.5, 0.6) is 0 Å². The lowest BCUT2D eigenvalue weighted by atomic mass is 9.94. The summed E-state index contributed by atoms with van der Waals surface area (Å²) < 4.78 is 5.22. The van der Waals surface area contributed by atoms with E-state index in [1.54, 1.807) is 18.4 Å². The summed E-state index contributed by atoms with van der Waals surface area (Å²) in [5.41, 5.74) is 0. The van der Waals surface area contributed by atoms with Crippen LogP contribution in [0.2, 0.25) is 0 Å². The summed E-state index contributed by atoms with van der Waals surface area (Å²) in [7, 11) is 4.06. The average molecular weight is 503 g/mol. The number of nitrogens with one attached hydrogen (secondary N) is 1. The zero-order valence-electron chi connectivity index (χ0n) is 17.1. The van der Waals surface area contributed by atoms with E-state index in [0.717, 1.165) is 38.2 Å². The van der Waals surface area contributed by atoms with E-state index >= 15 is 0 Å². The van der Waals surface area contributed by atoms with E-state index in [4.69, 9.17) is 4.42 Å². The van der Waals surface area contributed by atoms with Crippen LogP contribution < -0.4 is 5.32 Å². The molecule has 2 fully saturated rings. The number of carbonyl (C=O) groups is 1. The van der Waals surface area contributed by atoms with Gasteiger partial charge in [-0.15, -0.1) is 24.0 Å². The minimum absolute atomic E-state index is 0. The van der Waals surface area contributed by atoms with Gasteiger partial charge in [-0.3, -0.25) is 9.79 Å². The molecule has 1 N–H and O–H groups in total. The third-order valence-corrected chi connectivity index (χ3v) is 5.76. The summed E-state index contributed by atoms with van der Waals surface area (Å²) in [5.74, 6) is 1.31. The van der Waals surface area contributed by atoms with Crippen LogP contribution >= 0.6 is 24.0 Å². The molecule has 1 aromatic rings. The Morgan fingerprint density at radius 3 is 2.50 bits per heavy atom. The smallest absolute Gasteiger partial charge is 0.289 e. The van der Waals surface area contributed by atoms with Gasteiger partial charge >= 0.3 is 0 Å². The molecule has 1 saturated heterocycles. The Morgan fingerprint density at radius 1 is 1.21 bits per heavy atom. The minimum Gasteiger partial charge on any atom is -0.459 e. The third-order valence-electron chi connectivity index (χ3n) is 5.76. The molecule has 2 aliphatic rings. The summed E-state index contributed by atoms with van der Waals surface area (Å²) >= 11 is 0. The Kier molecular flexibility index (Phi) is 9.57. The molecule has 0 unspecified atom stereocenters. The van der Waals surface area contributed by atoms with Crippen molar-refractivity contribution in [2.24, 2.45) is 4.99 Å².